The molecule has 6 heteroatoms. The maximum atomic E-state index is 12.7. The van der Waals surface area contributed by atoms with Crippen molar-refractivity contribution in [1.82, 2.24) is 10.2 Å². The summed E-state index contributed by atoms with van der Waals surface area (Å²) in [6.45, 7) is 4.04. The van der Waals surface area contributed by atoms with Crippen molar-refractivity contribution in [3.63, 3.8) is 0 Å². The molecule has 1 aromatic carbocycles. The number of carbonyl (C=O) groups is 2. The van der Waals surface area contributed by atoms with Gasteiger partial charge in [-0.1, -0.05) is 18.2 Å². The molecule has 2 fully saturated rings. The summed E-state index contributed by atoms with van der Waals surface area (Å²) < 4.78 is 5.61. The lowest BCUT2D eigenvalue weighted by atomic mass is 9.92. The van der Waals surface area contributed by atoms with Crippen molar-refractivity contribution < 1.29 is 14.3 Å². The van der Waals surface area contributed by atoms with Gasteiger partial charge in [-0.2, -0.15) is 0 Å². The molecule has 148 valence electrons. The second-order valence-corrected chi connectivity index (χ2v) is 7.98. The number of piperidine rings is 1. The molecule has 3 rings (SSSR count). The normalized spacial score (nSPS) is 22.0. The van der Waals surface area contributed by atoms with Crippen molar-refractivity contribution >= 4 is 11.8 Å². The minimum Gasteiger partial charge on any atom is -0.493 e. The van der Waals surface area contributed by atoms with Gasteiger partial charge in [0.1, 0.15) is 5.75 Å². The minimum absolute atomic E-state index is 0.0351. The Hall–Kier alpha value is -2.08. The second kappa shape index (κ2) is 8.74. The van der Waals surface area contributed by atoms with Crippen molar-refractivity contribution in [2.45, 2.75) is 44.6 Å². The number of nitrogens with zero attached hydrogens (tertiary/aromatic N) is 1. The van der Waals surface area contributed by atoms with Crippen molar-refractivity contribution in [2.24, 2.45) is 17.6 Å². The van der Waals surface area contributed by atoms with Crippen LogP contribution < -0.4 is 15.8 Å². The smallest absolute Gasteiger partial charge is 0.226 e. The Balaban J connectivity index is 1.46. The van der Waals surface area contributed by atoms with Crippen molar-refractivity contribution in [2.75, 3.05) is 26.2 Å². The van der Waals surface area contributed by atoms with Crippen molar-refractivity contribution in [3.05, 3.63) is 30.3 Å². The fourth-order valence-electron chi connectivity index (χ4n) is 3.77. The summed E-state index contributed by atoms with van der Waals surface area (Å²) in [7, 11) is 0. The first-order valence-electron chi connectivity index (χ1n) is 9.99. The number of nitrogens with two attached hydrogens (primary N) is 1. The van der Waals surface area contributed by atoms with E-state index in [4.69, 9.17) is 10.5 Å². The predicted octanol–water partition coefficient (Wildman–Crippen LogP) is 1.94. The number of rotatable bonds is 8. The summed E-state index contributed by atoms with van der Waals surface area (Å²) in [5.41, 5.74) is 5.60. The molecule has 0 bridgehead atoms. The molecule has 0 aromatic heterocycles. The number of benzene rings is 1. The summed E-state index contributed by atoms with van der Waals surface area (Å²) in [6, 6.07) is 9.49. The zero-order valence-electron chi connectivity index (χ0n) is 16.2. The second-order valence-electron chi connectivity index (χ2n) is 7.98. The summed E-state index contributed by atoms with van der Waals surface area (Å²) >= 11 is 0. The van der Waals surface area contributed by atoms with E-state index in [0.29, 0.717) is 38.6 Å². The van der Waals surface area contributed by atoms with Gasteiger partial charge in [0.15, 0.2) is 0 Å². The van der Waals surface area contributed by atoms with Gasteiger partial charge in [-0.15, -0.1) is 0 Å². The molecule has 1 heterocycles. The third-order valence-electron chi connectivity index (χ3n) is 5.78. The molecule has 2 atom stereocenters. The first-order valence-corrected chi connectivity index (χ1v) is 9.99. The number of likely N-dealkylation sites (tertiary alicyclic amines) is 1. The summed E-state index contributed by atoms with van der Waals surface area (Å²) in [6.07, 6.45) is 4.26. The van der Waals surface area contributed by atoms with Gasteiger partial charge in [0.25, 0.3) is 0 Å². The monoisotopic (exact) mass is 373 g/mol. The van der Waals surface area contributed by atoms with Gasteiger partial charge in [-0.05, 0) is 50.7 Å². The molecule has 6 nitrogen and oxygen atoms in total. The summed E-state index contributed by atoms with van der Waals surface area (Å²) in [5.74, 6) is 1.19. The number of amides is 2. The first kappa shape index (κ1) is 19.7. The number of hydrogen-bond acceptors (Lipinski definition) is 4. The Labute approximate surface area is 161 Å². The highest BCUT2D eigenvalue weighted by Crippen LogP contribution is 2.39. The van der Waals surface area contributed by atoms with Crippen molar-refractivity contribution in [3.8, 4) is 5.75 Å². The maximum Gasteiger partial charge on any atom is 0.226 e. The van der Waals surface area contributed by atoms with Crippen LogP contribution in [0.4, 0.5) is 0 Å². The van der Waals surface area contributed by atoms with E-state index in [-0.39, 0.29) is 23.3 Å². The van der Waals surface area contributed by atoms with E-state index in [1.807, 2.05) is 37.3 Å². The quantitative estimate of drug-likeness (QED) is 0.729. The third kappa shape index (κ3) is 5.22. The van der Waals surface area contributed by atoms with Gasteiger partial charge < -0.3 is 20.7 Å². The molecule has 2 aliphatic rings. The van der Waals surface area contributed by atoms with Gasteiger partial charge in [0.2, 0.25) is 11.8 Å². The number of carbonyl (C=O) groups excluding carboxylic acids is 2. The van der Waals surface area contributed by atoms with Gasteiger partial charge in [-0.25, -0.2) is 0 Å². The van der Waals surface area contributed by atoms with E-state index in [1.54, 1.807) is 4.90 Å². The number of ether oxygens (including phenoxy) is 1. The Morgan fingerprint density at radius 1 is 1.26 bits per heavy atom. The van der Waals surface area contributed by atoms with E-state index in [1.165, 1.54) is 0 Å². The molecule has 2 unspecified atom stereocenters. The molecular weight excluding hydrogens is 342 g/mol. The van der Waals surface area contributed by atoms with Gasteiger partial charge >= 0.3 is 0 Å². The highest BCUT2D eigenvalue weighted by Gasteiger charge is 2.42. The van der Waals surface area contributed by atoms with Gasteiger partial charge in [-0.3, -0.25) is 9.59 Å². The molecule has 2 amide bonds. The highest BCUT2D eigenvalue weighted by molar-refractivity contribution is 5.82. The fraction of sp³-hybridized carbons (Fsp3) is 0.619. The van der Waals surface area contributed by atoms with Crippen LogP contribution >= 0.6 is 0 Å². The number of para-hydroxylation sites is 1. The SMILES string of the molecule is CC(CN)(NC(=O)C1CCCN(C(=O)CCOc2ccccc2)C1)C1CC1. The summed E-state index contributed by atoms with van der Waals surface area (Å²) in [5, 5.41) is 3.17. The van der Waals surface area contributed by atoms with E-state index in [9.17, 15) is 9.59 Å². The predicted molar refractivity (Wildman–Crippen MR) is 104 cm³/mol. The Morgan fingerprint density at radius 3 is 2.67 bits per heavy atom. The molecule has 1 aromatic rings. The van der Waals surface area contributed by atoms with Crippen LogP contribution in [-0.4, -0.2) is 48.5 Å². The Morgan fingerprint density at radius 2 is 2.00 bits per heavy atom. The molecule has 1 aliphatic heterocycles. The summed E-state index contributed by atoms with van der Waals surface area (Å²) in [4.78, 5) is 27.1. The standard InChI is InChI=1S/C21H31N3O3/c1-21(15-22,17-9-10-17)23-20(26)16-6-5-12-24(14-16)19(25)11-13-27-18-7-3-2-4-8-18/h2-4,7-8,16-17H,5-6,9-15,22H2,1H3,(H,23,26). The average Bonchev–Trinajstić information content (AvgIpc) is 3.54. The Kier molecular flexibility index (Phi) is 6.37. The molecule has 1 saturated carbocycles. The van der Waals surface area contributed by atoms with Crippen LogP contribution in [0.3, 0.4) is 0 Å². The van der Waals surface area contributed by atoms with E-state index in [0.717, 1.165) is 31.4 Å². The van der Waals surface area contributed by atoms with Gasteiger partial charge in [0, 0.05) is 19.6 Å². The van der Waals surface area contributed by atoms with E-state index < -0.39 is 0 Å². The average molecular weight is 373 g/mol. The van der Waals surface area contributed by atoms with E-state index >= 15 is 0 Å². The lowest BCUT2D eigenvalue weighted by Gasteiger charge is -2.36. The Bertz CT molecular complexity index is 647. The number of nitrogens with one attached hydrogen (secondary N) is 1. The highest BCUT2D eigenvalue weighted by atomic mass is 16.5. The van der Waals surface area contributed by atoms with Crippen LogP contribution in [0.5, 0.6) is 5.75 Å². The maximum absolute atomic E-state index is 12.7. The fourth-order valence-corrected chi connectivity index (χ4v) is 3.77. The molecule has 0 spiro atoms. The molecule has 0 radical (unpaired) electrons. The van der Waals surface area contributed by atoms with Crippen LogP contribution in [0.2, 0.25) is 0 Å². The topological polar surface area (TPSA) is 84.7 Å². The number of hydrogen-bond donors (Lipinski definition) is 2. The van der Waals surface area contributed by atoms with Gasteiger partial charge in [0.05, 0.1) is 24.5 Å². The molecule has 3 N–H and O–H groups in total. The largest absolute Gasteiger partial charge is 0.493 e. The molecule has 1 aliphatic carbocycles. The molecule has 27 heavy (non-hydrogen) atoms. The van der Waals surface area contributed by atoms with Crippen LogP contribution in [0, 0.1) is 11.8 Å². The zero-order chi connectivity index (χ0) is 19.3. The van der Waals surface area contributed by atoms with Crippen LogP contribution in [0.15, 0.2) is 30.3 Å². The zero-order valence-corrected chi connectivity index (χ0v) is 16.2. The molecular formula is C21H31N3O3. The van der Waals surface area contributed by atoms with E-state index in [2.05, 4.69) is 5.32 Å². The van der Waals surface area contributed by atoms with Crippen LogP contribution in [0.25, 0.3) is 0 Å². The minimum atomic E-state index is -0.313. The lowest BCUT2D eigenvalue weighted by Crippen LogP contribution is -2.56. The van der Waals surface area contributed by atoms with Crippen LogP contribution in [-0.2, 0) is 9.59 Å². The van der Waals surface area contributed by atoms with Crippen molar-refractivity contribution in [1.29, 1.82) is 0 Å². The first-order chi connectivity index (χ1) is 13.0. The molecule has 1 saturated heterocycles. The lowest BCUT2D eigenvalue weighted by molar-refractivity contribution is -0.136. The van der Waals surface area contributed by atoms with Crippen LogP contribution in [0.1, 0.15) is 39.0 Å². The third-order valence-corrected chi connectivity index (χ3v) is 5.78.